The maximum absolute atomic E-state index is 11.5. The van der Waals surface area contributed by atoms with Gasteiger partial charge in [-0.1, -0.05) is 36.8 Å². The largest absolute Gasteiger partial charge is 0.481 e. The van der Waals surface area contributed by atoms with Crippen LogP contribution in [0.1, 0.15) is 30.7 Å². The van der Waals surface area contributed by atoms with Crippen LogP contribution in [0.15, 0.2) is 30.3 Å². The van der Waals surface area contributed by atoms with E-state index in [9.17, 15) is 9.90 Å². The molecule has 104 valence electrons. The first kappa shape index (κ1) is 14.0. The predicted molar refractivity (Wildman–Crippen MR) is 75.1 cm³/mol. The molecule has 0 aromatic heterocycles. The van der Waals surface area contributed by atoms with Crippen molar-refractivity contribution in [3.8, 4) is 0 Å². The summed E-state index contributed by atoms with van der Waals surface area (Å²) in [5.41, 5.74) is 6.67. The smallest absolute Gasteiger partial charge is 0.312 e. The minimum Gasteiger partial charge on any atom is -0.481 e. The molecule has 0 spiro atoms. The zero-order chi connectivity index (χ0) is 13.7. The molecule has 1 aliphatic heterocycles. The first-order valence-electron chi connectivity index (χ1n) is 6.94. The van der Waals surface area contributed by atoms with Crippen LogP contribution in [0, 0.1) is 0 Å². The van der Waals surface area contributed by atoms with E-state index in [1.807, 2.05) is 30.3 Å². The molecule has 1 aliphatic rings. The molecule has 4 heteroatoms. The molecule has 1 heterocycles. The van der Waals surface area contributed by atoms with Gasteiger partial charge in [0.1, 0.15) is 0 Å². The minimum absolute atomic E-state index is 0.333. The SMILES string of the molecule is NCC1CCCCN1CC(C(=O)O)c1ccccc1. The van der Waals surface area contributed by atoms with Gasteiger partial charge in [0.2, 0.25) is 0 Å². The molecule has 0 radical (unpaired) electrons. The maximum atomic E-state index is 11.5. The number of nitrogens with two attached hydrogens (primary N) is 1. The van der Waals surface area contributed by atoms with E-state index in [1.165, 1.54) is 6.42 Å². The summed E-state index contributed by atoms with van der Waals surface area (Å²) in [6.07, 6.45) is 3.41. The highest BCUT2D eigenvalue weighted by Crippen LogP contribution is 2.23. The van der Waals surface area contributed by atoms with E-state index < -0.39 is 11.9 Å². The second-order valence-electron chi connectivity index (χ2n) is 5.18. The van der Waals surface area contributed by atoms with Gasteiger partial charge in [0, 0.05) is 19.1 Å². The quantitative estimate of drug-likeness (QED) is 0.847. The number of carbonyl (C=O) groups is 1. The van der Waals surface area contributed by atoms with Gasteiger partial charge in [0.15, 0.2) is 0 Å². The summed E-state index contributed by atoms with van der Waals surface area (Å²) in [6, 6.07) is 9.80. The average Bonchev–Trinajstić information content (AvgIpc) is 2.45. The summed E-state index contributed by atoms with van der Waals surface area (Å²) in [5.74, 6) is -1.22. The fourth-order valence-electron chi connectivity index (χ4n) is 2.81. The number of benzene rings is 1. The Kier molecular flexibility index (Phi) is 4.93. The Hall–Kier alpha value is -1.39. The molecule has 1 aromatic carbocycles. The van der Waals surface area contributed by atoms with Gasteiger partial charge >= 0.3 is 5.97 Å². The molecule has 1 aromatic rings. The minimum atomic E-state index is -0.757. The zero-order valence-electron chi connectivity index (χ0n) is 11.2. The molecule has 1 saturated heterocycles. The van der Waals surface area contributed by atoms with E-state index in [-0.39, 0.29) is 0 Å². The van der Waals surface area contributed by atoms with Crippen molar-refractivity contribution in [1.82, 2.24) is 4.90 Å². The van der Waals surface area contributed by atoms with Gasteiger partial charge < -0.3 is 10.8 Å². The number of carboxylic acids is 1. The van der Waals surface area contributed by atoms with Crippen LogP contribution in [0.2, 0.25) is 0 Å². The van der Waals surface area contributed by atoms with Crippen molar-refractivity contribution in [2.75, 3.05) is 19.6 Å². The standard InChI is InChI=1S/C15H22N2O2/c16-10-13-8-4-5-9-17(13)11-14(15(18)19)12-6-2-1-3-7-12/h1-3,6-7,13-14H,4-5,8-11,16H2,(H,18,19). The first-order chi connectivity index (χ1) is 9.22. The number of likely N-dealkylation sites (tertiary alicyclic amines) is 1. The van der Waals surface area contributed by atoms with E-state index in [4.69, 9.17) is 5.73 Å². The molecule has 0 bridgehead atoms. The molecular formula is C15H22N2O2. The van der Waals surface area contributed by atoms with Crippen molar-refractivity contribution in [2.24, 2.45) is 5.73 Å². The van der Waals surface area contributed by atoms with E-state index >= 15 is 0 Å². The van der Waals surface area contributed by atoms with Gasteiger partial charge in [-0.2, -0.15) is 0 Å². The zero-order valence-corrected chi connectivity index (χ0v) is 11.2. The fourth-order valence-corrected chi connectivity index (χ4v) is 2.81. The third-order valence-electron chi connectivity index (χ3n) is 3.94. The van der Waals surface area contributed by atoms with E-state index in [2.05, 4.69) is 4.90 Å². The van der Waals surface area contributed by atoms with Crippen LogP contribution in [0.4, 0.5) is 0 Å². The van der Waals surface area contributed by atoms with Crippen molar-refractivity contribution in [1.29, 1.82) is 0 Å². The van der Waals surface area contributed by atoms with Crippen molar-refractivity contribution in [2.45, 2.75) is 31.2 Å². The number of piperidine rings is 1. The lowest BCUT2D eigenvalue weighted by atomic mass is 9.95. The topological polar surface area (TPSA) is 66.6 Å². The molecule has 1 fully saturated rings. The monoisotopic (exact) mass is 262 g/mol. The predicted octanol–water partition coefficient (Wildman–Crippen LogP) is 1.67. The van der Waals surface area contributed by atoms with Crippen molar-refractivity contribution < 1.29 is 9.90 Å². The number of hydrogen-bond acceptors (Lipinski definition) is 3. The lowest BCUT2D eigenvalue weighted by Gasteiger charge is -2.36. The summed E-state index contributed by atoms with van der Waals surface area (Å²) >= 11 is 0. The molecule has 0 saturated carbocycles. The Bertz CT molecular complexity index is 408. The summed E-state index contributed by atoms with van der Waals surface area (Å²) in [6.45, 7) is 2.13. The molecule has 0 aliphatic carbocycles. The third kappa shape index (κ3) is 3.55. The van der Waals surface area contributed by atoms with Crippen molar-refractivity contribution in [3.05, 3.63) is 35.9 Å². The van der Waals surface area contributed by atoms with Crippen LogP contribution < -0.4 is 5.73 Å². The van der Waals surface area contributed by atoms with Crippen LogP contribution in [0.3, 0.4) is 0 Å². The van der Waals surface area contributed by atoms with Gasteiger partial charge in [0.25, 0.3) is 0 Å². The Labute approximate surface area is 114 Å². The van der Waals surface area contributed by atoms with Crippen LogP contribution >= 0.6 is 0 Å². The molecule has 2 rings (SSSR count). The molecular weight excluding hydrogens is 240 g/mol. The molecule has 2 unspecified atom stereocenters. The van der Waals surface area contributed by atoms with Crippen molar-refractivity contribution >= 4 is 5.97 Å². The van der Waals surface area contributed by atoms with Crippen LogP contribution in [0.25, 0.3) is 0 Å². The van der Waals surface area contributed by atoms with Crippen LogP contribution in [0.5, 0.6) is 0 Å². The number of hydrogen-bond donors (Lipinski definition) is 2. The summed E-state index contributed by atoms with van der Waals surface area (Å²) in [5, 5.41) is 9.46. The highest BCUT2D eigenvalue weighted by atomic mass is 16.4. The van der Waals surface area contributed by atoms with Crippen LogP contribution in [-0.2, 0) is 4.79 Å². The number of rotatable bonds is 5. The van der Waals surface area contributed by atoms with E-state index in [1.54, 1.807) is 0 Å². The van der Waals surface area contributed by atoms with Gasteiger partial charge in [-0.05, 0) is 24.9 Å². The summed E-state index contributed by atoms with van der Waals surface area (Å²) < 4.78 is 0. The Morgan fingerprint density at radius 3 is 2.74 bits per heavy atom. The first-order valence-corrected chi connectivity index (χ1v) is 6.94. The van der Waals surface area contributed by atoms with E-state index in [0.29, 0.717) is 19.1 Å². The van der Waals surface area contributed by atoms with Crippen molar-refractivity contribution in [3.63, 3.8) is 0 Å². The molecule has 0 amide bonds. The molecule has 3 N–H and O–H groups in total. The van der Waals surface area contributed by atoms with Gasteiger partial charge in [-0.15, -0.1) is 0 Å². The lowest BCUT2D eigenvalue weighted by molar-refractivity contribution is -0.139. The Balaban J connectivity index is 2.10. The summed E-state index contributed by atoms with van der Waals surface area (Å²) in [4.78, 5) is 13.8. The maximum Gasteiger partial charge on any atom is 0.312 e. The number of nitrogens with zero attached hydrogens (tertiary/aromatic N) is 1. The van der Waals surface area contributed by atoms with Gasteiger partial charge in [0.05, 0.1) is 5.92 Å². The second-order valence-corrected chi connectivity index (χ2v) is 5.18. The van der Waals surface area contributed by atoms with Gasteiger partial charge in [-0.3, -0.25) is 9.69 Å². The van der Waals surface area contributed by atoms with E-state index in [0.717, 1.165) is 24.9 Å². The lowest BCUT2D eigenvalue weighted by Crippen LogP contribution is -2.46. The fraction of sp³-hybridized carbons (Fsp3) is 0.533. The molecule has 19 heavy (non-hydrogen) atoms. The normalized spacial score (nSPS) is 22.1. The molecule has 4 nitrogen and oxygen atoms in total. The number of aliphatic carboxylic acids is 1. The second kappa shape index (κ2) is 6.68. The third-order valence-corrected chi connectivity index (χ3v) is 3.94. The van der Waals surface area contributed by atoms with Crippen LogP contribution in [-0.4, -0.2) is 41.7 Å². The summed E-state index contributed by atoms with van der Waals surface area (Å²) in [7, 11) is 0. The Morgan fingerprint density at radius 1 is 1.37 bits per heavy atom. The molecule has 2 atom stereocenters. The number of carboxylic acid groups (broad SMARTS) is 1. The Morgan fingerprint density at radius 2 is 2.11 bits per heavy atom. The van der Waals surface area contributed by atoms with Gasteiger partial charge in [-0.25, -0.2) is 0 Å². The highest BCUT2D eigenvalue weighted by Gasteiger charge is 2.28. The average molecular weight is 262 g/mol. The highest BCUT2D eigenvalue weighted by molar-refractivity contribution is 5.76.